The quantitative estimate of drug-likeness (QED) is 0.777. The lowest BCUT2D eigenvalue weighted by Crippen LogP contribution is -2.24. The molecule has 3 aromatic rings. The summed E-state index contributed by atoms with van der Waals surface area (Å²) in [5.41, 5.74) is 1.05. The van der Waals surface area contributed by atoms with Gasteiger partial charge in [-0.25, -0.2) is 13.1 Å². The van der Waals surface area contributed by atoms with Crippen molar-refractivity contribution in [2.24, 2.45) is 0 Å². The summed E-state index contributed by atoms with van der Waals surface area (Å²) in [6.45, 7) is 0.0213. The molecule has 0 atom stereocenters. The van der Waals surface area contributed by atoms with Crippen molar-refractivity contribution in [3.05, 3.63) is 60.0 Å². The molecule has 8 heteroatoms. The van der Waals surface area contributed by atoms with Crippen molar-refractivity contribution in [3.8, 4) is 6.07 Å². The van der Waals surface area contributed by atoms with E-state index < -0.39 is 10.0 Å². The Morgan fingerprint density at radius 2 is 1.91 bits per heavy atom. The molecule has 0 unspecified atom stereocenters. The second kappa shape index (κ2) is 5.55. The molecular weight excluding hydrogens is 302 g/mol. The molecule has 0 fully saturated rings. The first kappa shape index (κ1) is 14.2. The lowest BCUT2D eigenvalue weighted by Gasteiger charge is -2.06. The molecule has 2 heterocycles. The Labute approximate surface area is 126 Å². The summed E-state index contributed by atoms with van der Waals surface area (Å²) in [5.74, 6) is 0.493. The zero-order chi connectivity index (χ0) is 15.6. The largest absolute Gasteiger partial charge is 0.285 e. The third kappa shape index (κ3) is 2.67. The maximum atomic E-state index is 12.2. The van der Waals surface area contributed by atoms with Crippen molar-refractivity contribution in [3.63, 3.8) is 0 Å². The van der Waals surface area contributed by atoms with E-state index in [0.717, 1.165) is 0 Å². The van der Waals surface area contributed by atoms with Crippen LogP contribution in [0.1, 0.15) is 11.4 Å². The minimum Gasteiger partial charge on any atom is -0.285 e. The van der Waals surface area contributed by atoms with E-state index in [1.54, 1.807) is 16.7 Å². The molecule has 0 radical (unpaired) electrons. The third-order valence-corrected chi connectivity index (χ3v) is 4.52. The predicted octanol–water partition coefficient (Wildman–Crippen LogP) is 1.08. The first-order valence-corrected chi connectivity index (χ1v) is 7.87. The van der Waals surface area contributed by atoms with Gasteiger partial charge in [-0.1, -0.05) is 6.07 Å². The van der Waals surface area contributed by atoms with E-state index in [9.17, 15) is 8.42 Å². The lowest BCUT2D eigenvalue weighted by atomic mass is 10.2. The van der Waals surface area contributed by atoms with E-state index in [2.05, 4.69) is 14.9 Å². The smallest absolute Gasteiger partial charge is 0.240 e. The molecule has 2 aromatic heterocycles. The number of nitrogens with zero attached hydrogens (tertiary/aromatic N) is 4. The van der Waals surface area contributed by atoms with Crippen molar-refractivity contribution in [2.75, 3.05) is 0 Å². The van der Waals surface area contributed by atoms with E-state index in [4.69, 9.17) is 5.26 Å². The minimum atomic E-state index is -3.67. The molecular formula is C14H11N5O2S. The Balaban J connectivity index is 1.81. The van der Waals surface area contributed by atoms with Crippen LogP contribution >= 0.6 is 0 Å². The van der Waals surface area contributed by atoms with E-state index in [-0.39, 0.29) is 11.4 Å². The van der Waals surface area contributed by atoms with Crippen LogP contribution in [0.25, 0.3) is 5.65 Å². The highest BCUT2D eigenvalue weighted by Crippen LogP contribution is 2.11. The fraction of sp³-hybridized carbons (Fsp3) is 0.0714. The summed E-state index contributed by atoms with van der Waals surface area (Å²) in [6.07, 6.45) is 1.76. The van der Waals surface area contributed by atoms with Crippen LogP contribution in [0.5, 0.6) is 0 Å². The molecule has 0 saturated heterocycles. The van der Waals surface area contributed by atoms with Gasteiger partial charge in [0.25, 0.3) is 0 Å². The van der Waals surface area contributed by atoms with Gasteiger partial charge in [0, 0.05) is 6.20 Å². The zero-order valence-electron chi connectivity index (χ0n) is 11.3. The van der Waals surface area contributed by atoms with Gasteiger partial charge in [0.1, 0.15) is 0 Å². The Morgan fingerprint density at radius 3 is 2.64 bits per heavy atom. The molecule has 0 aliphatic heterocycles. The van der Waals surface area contributed by atoms with Gasteiger partial charge in [-0.05, 0) is 36.4 Å². The molecule has 1 N–H and O–H groups in total. The van der Waals surface area contributed by atoms with E-state index >= 15 is 0 Å². The Bertz CT molecular complexity index is 955. The zero-order valence-corrected chi connectivity index (χ0v) is 12.2. The normalized spacial score (nSPS) is 11.4. The molecule has 110 valence electrons. The van der Waals surface area contributed by atoms with E-state index in [1.165, 1.54) is 24.3 Å². The lowest BCUT2D eigenvalue weighted by molar-refractivity contribution is 0.579. The van der Waals surface area contributed by atoms with Gasteiger partial charge in [0.2, 0.25) is 10.0 Å². The van der Waals surface area contributed by atoms with Crippen LogP contribution in [-0.4, -0.2) is 23.0 Å². The van der Waals surface area contributed by atoms with Gasteiger partial charge in [-0.15, -0.1) is 10.2 Å². The predicted molar refractivity (Wildman–Crippen MR) is 78.2 cm³/mol. The van der Waals surface area contributed by atoms with Crippen molar-refractivity contribution in [1.82, 2.24) is 19.3 Å². The second-order valence-corrected chi connectivity index (χ2v) is 6.27. The van der Waals surface area contributed by atoms with E-state index in [0.29, 0.717) is 17.0 Å². The third-order valence-electron chi connectivity index (χ3n) is 3.10. The number of aromatic nitrogens is 3. The SMILES string of the molecule is N#Cc1ccc(S(=O)(=O)NCc2nnc3ccccn23)cc1. The number of nitrogens with one attached hydrogen (secondary N) is 1. The monoisotopic (exact) mass is 313 g/mol. The molecule has 7 nitrogen and oxygen atoms in total. The van der Waals surface area contributed by atoms with Crippen LogP contribution in [0.3, 0.4) is 0 Å². The van der Waals surface area contributed by atoms with Crippen molar-refractivity contribution < 1.29 is 8.42 Å². The van der Waals surface area contributed by atoms with Crippen LogP contribution < -0.4 is 4.72 Å². The van der Waals surface area contributed by atoms with E-state index in [1.807, 2.05) is 18.2 Å². The van der Waals surface area contributed by atoms with Crippen LogP contribution in [0.4, 0.5) is 0 Å². The number of benzene rings is 1. The van der Waals surface area contributed by atoms with Gasteiger partial charge >= 0.3 is 0 Å². The number of fused-ring (bicyclic) bond motifs is 1. The fourth-order valence-electron chi connectivity index (χ4n) is 1.96. The highest BCUT2D eigenvalue weighted by molar-refractivity contribution is 7.89. The van der Waals surface area contributed by atoms with Gasteiger partial charge in [0.05, 0.1) is 23.1 Å². The number of pyridine rings is 1. The first-order chi connectivity index (χ1) is 10.6. The number of sulfonamides is 1. The average molecular weight is 313 g/mol. The minimum absolute atomic E-state index is 0.0213. The molecule has 0 amide bonds. The van der Waals surface area contributed by atoms with Gasteiger partial charge < -0.3 is 0 Å². The summed E-state index contributed by atoms with van der Waals surface area (Å²) in [6, 6.07) is 13.1. The summed E-state index contributed by atoms with van der Waals surface area (Å²) in [5, 5.41) is 16.6. The van der Waals surface area contributed by atoms with Crippen molar-refractivity contribution in [2.45, 2.75) is 11.4 Å². The second-order valence-electron chi connectivity index (χ2n) is 4.51. The van der Waals surface area contributed by atoms with Crippen LogP contribution in [0.15, 0.2) is 53.6 Å². The summed E-state index contributed by atoms with van der Waals surface area (Å²) in [4.78, 5) is 0.0975. The van der Waals surface area contributed by atoms with Crippen LogP contribution in [0, 0.1) is 11.3 Å². The summed E-state index contributed by atoms with van der Waals surface area (Å²) in [7, 11) is -3.67. The molecule has 3 rings (SSSR count). The maximum absolute atomic E-state index is 12.2. The fourth-order valence-corrected chi connectivity index (χ4v) is 2.94. The number of hydrogen-bond donors (Lipinski definition) is 1. The summed E-state index contributed by atoms with van der Waals surface area (Å²) < 4.78 is 28.6. The van der Waals surface area contributed by atoms with Crippen molar-refractivity contribution in [1.29, 1.82) is 5.26 Å². The van der Waals surface area contributed by atoms with Crippen LogP contribution in [0.2, 0.25) is 0 Å². The topological polar surface area (TPSA) is 100 Å². The van der Waals surface area contributed by atoms with Crippen LogP contribution in [-0.2, 0) is 16.6 Å². The number of rotatable bonds is 4. The molecule has 0 aliphatic rings. The first-order valence-electron chi connectivity index (χ1n) is 6.38. The highest BCUT2D eigenvalue weighted by atomic mass is 32.2. The van der Waals surface area contributed by atoms with Crippen molar-refractivity contribution >= 4 is 15.7 Å². The molecule has 22 heavy (non-hydrogen) atoms. The molecule has 0 bridgehead atoms. The molecule has 0 saturated carbocycles. The summed E-state index contributed by atoms with van der Waals surface area (Å²) >= 11 is 0. The van der Waals surface area contributed by atoms with Gasteiger partial charge in [-0.2, -0.15) is 5.26 Å². The molecule has 1 aromatic carbocycles. The number of nitriles is 1. The molecule has 0 spiro atoms. The highest BCUT2D eigenvalue weighted by Gasteiger charge is 2.15. The maximum Gasteiger partial charge on any atom is 0.240 e. The standard InChI is InChI=1S/C14H11N5O2S/c15-9-11-4-6-12(7-5-11)22(20,21)16-10-14-18-17-13-3-1-2-8-19(13)14/h1-8,16H,10H2. The number of hydrogen-bond acceptors (Lipinski definition) is 5. The van der Waals surface area contributed by atoms with Gasteiger partial charge in [-0.3, -0.25) is 4.40 Å². The Morgan fingerprint density at radius 1 is 1.14 bits per heavy atom. The Hall–Kier alpha value is -2.76. The average Bonchev–Trinajstić information content (AvgIpc) is 2.96. The van der Waals surface area contributed by atoms with Gasteiger partial charge in [0.15, 0.2) is 11.5 Å². The molecule has 0 aliphatic carbocycles. The Kier molecular flexibility index (Phi) is 3.58.